The number of piperidine rings is 1. The standard InChI is InChI=1S/C15H32N2/c1-6-14-9-8-10-17(11-14)12-15(4,5)13(3)16-7-2/h13-14,16H,6-12H2,1-5H3. The zero-order valence-electron chi connectivity index (χ0n) is 12.6. The first-order valence-electron chi connectivity index (χ1n) is 7.45. The van der Waals surface area contributed by atoms with Gasteiger partial charge in [-0.2, -0.15) is 0 Å². The van der Waals surface area contributed by atoms with Gasteiger partial charge in [-0.05, 0) is 44.2 Å². The minimum Gasteiger partial charge on any atom is -0.314 e. The third-order valence-corrected chi connectivity index (χ3v) is 4.49. The van der Waals surface area contributed by atoms with Crippen LogP contribution in [0.2, 0.25) is 0 Å². The molecule has 2 nitrogen and oxygen atoms in total. The zero-order valence-corrected chi connectivity index (χ0v) is 12.6. The molecular formula is C15H32N2. The molecule has 0 amide bonds. The predicted octanol–water partition coefficient (Wildman–Crippen LogP) is 3.13. The molecule has 2 atom stereocenters. The van der Waals surface area contributed by atoms with Crippen LogP contribution in [-0.4, -0.2) is 37.1 Å². The lowest BCUT2D eigenvalue weighted by Gasteiger charge is -2.40. The van der Waals surface area contributed by atoms with Crippen molar-refractivity contribution in [3.63, 3.8) is 0 Å². The maximum Gasteiger partial charge on any atom is 0.0102 e. The van der Waals surface area contributed by atoms with Gasteiger partial charge in [0.05, 0.1) is 0 Å². The Morgan fingerprint density at radius 3 is 2.65 bits per heavy atom. The average Bonchev–Trinajstić information content (AvgIpc) is 2.29. The van der Waals surface area contributed by atoms with Gasteiger partial charge in [-0.25, -0.2) is 0 Å². The van der Waals surface area contributed by atoms with Gasteiger partial charge < -0.3 is 10.2 Å². The van der Waals surface area contributed by atoms with E-state index in [0.717, 1.165) is 12.5 Å². The molecule has 1 saturated heterocycles. The largest absolute Gasteiger partial charge is 0.314 e. The molecule has 0 saturated carbocycles. The van der Waals surface area contributed by atoms with Gasteiger partial charge in [0.15, 0.2) is 0 Å². The molecule has 0 aromatic heterocycles. The molecule has 0 aromatic rings. The molecule has 1 aliphatic rings. The van der Waals surface area contributed by atoms with Crippen molar-refractivity contribution in [3.05, 3.63) is 0 Å². The van der Waals surface area contributed by atoms with Crippen LogP contribution in [0.15, 0.2) is 0 Å². The molecule has 0 radical (unpaired) electrons. The van der Waals surface area contributed by atoms with E-state index >= 15 is 0 Å². The van der Waals surface area contributed by atoms with Gasteiger partial charge in [0.25, 0.3) is 0 Å². The number of nitrogens with one attached hydrogen (secondary N) is 1. The summed E-state index contributed by atoms with van der Waals surface area (Å²) in [5, 5.41) is 3.57. The lowest BCUT2D eigenvalue weighted by molar-refractivity contribution is 0.0994. The molecule has 0 bridgehead atoms. The van der Waals surface area contributed by atoms with Crippen molar-refractivity contribution in [2.75, 3.05) is 26.2 Å². The van der Waals surface area contributed by atoms with E-state index in [9.17, 15) is 0 Å². The number of hydrogen-bond donors (Lipinski definition) is 1. The van der Waals surface area contributed by atoms with Crippen LogP contribution in [0.3, 0.4) is 0 Å². The van der Waals surface area contributed by atoms with Crippen LogP contribution in [0.5, 0.6) is 0 Å². The van der Waals surface area contributed by atoms with Crippen molar-refractivity contribution in [1.29, 1.82) is 0 Å². The highest BCUT2D eigenvalue weighted by Crippen LogP contribution is 2.26. The summed E-state index contributed by atoms with van der Waals surface area (Å²) < 4.78 is 0. The van der Waals surface area contributed by atoms with Crippen LogP contribution < -0.4 is 5.32 Å². The number of nitrogens with zero attached hydrogens (tertiary/aromatic N) is 1. The van der Waals surface area contributed by atoms with Gasteiger partial charge in [0.2, 0.25) is 0 Å². The number of rotatable bonds is 6. The molecule has 0 spiro atoms. The van der Waals surface area contributed by atoms with Gasteiger partial charge in [0.1, 0.15) is 0 Å². The van der Waals surface area contributed by atoms with Gasteiger partial charge in [0, 0.05) is 19.1 Å². The quantitative estimate of drug-likeness (QED) is 0.767. The highest BCUT2D eigenvalue weighted by atomic mass is 15.1. The van der Waals surface area contributed by atoms with Crippen molar-refractivity contribution in [2.45, 2.75) is 59.9 Å². The van der Waals surface area contributed by atoms with E-state index in [1.54, 1.807) is 0 Å². The van der Waals surface area contributed by atoms with Crippen LogP contribution in [0.1, 0.15) is 53.9 Å². The molecule has 17 heavy (non-hydrogen) atoms. The lowest BCUT2D eigenvalue weighted by atomic mass is 9.83. The van der Waals surface area contributed by atoms with Crippen LogP contribution in [-0.2, 0) is 0 Å². The third-order valence-electron chi connectivity index (χ3n) is 4.49. The van der Waals surface area contributed by atoms with E-state index in [4.69, 9.17) is 0 Å². The van der Waals surface area contributed by atoms with Gasteiger partial charge >= 0.3 is 0 Å². The first-order chi connectivity index (χ1) is 7.99. The summed E-state index contributed by atoms with van der Waals surface area (Å²) in [6.07, 6.45) is 4.18. The second kappa shape index (κ2) is 6.75. The molecule has 1 fully saturated rings. The Labute approximate surface area is 108 Å². The second-order valence-corrected chi connectivity index (χ2v) is 6.42. The Morgan fingerprint density at radius 1 is 1.35 bits per heavy atom. The van der Waals surface area contributed by atoms with E-state index < -0.39 is 0 Å². The fourth-order valence-electron chi connectivity index (χ4n) is 2.92. The minimum absolute atomic E-state index is 0.367. The Morgan fingerprint density at radius 2 is 2.06 bits per heavy atom. The summed E-state index contributed by atoms with van der Waals surface area (Å²) in [6.45, 7) is 16.6. The minimum atomic E-state index is 0.367. The predicted molar refractivity (Wildman–Crippen MR) is 76.4 cm³/mol. The highest BCUT2D eigenvalue weighted by molar-refractivity contribution is 4.85. The van der Waals surface area contributed by atoms with Crippen molar-refractivity contribution in [2.24, 2.45) is 11.3 Å². The van der Waals surface area contributed by atoms with Crippen LogP contribution in [0, 0.1) is 11.3 Å². The van der Waals surface area contributed by atoms with Gasteiger partial charge in [-0.15, -0.1) is 0 Å². The third kappa shape index (κ3) is 4.59. The normalized spacial score (nSPS) is 24.9. The summed E-state index contributed by atoms with van der Waals surface area (Å²) in [5.41, 5.74) is 0.367. The second-order valence-electron chi connectivity index (χ2n) is 6.42. The molecule has 0 aromatic carbocycles. The van der Waals surface area contributed by atoms with E-state index in [-0.39, 0.29) is 0 Å². The maximum atomic E-state index is 3.57. The summed E-state index contributed by atoms with van der Waals surface area (Å²) in [4.78, 5) is 2.69. The molecule has 1 heterocycles. The molecule has 1 rings (SSSR count). The zero-order chi connectivity index (χ0) is 12.9. The first kappa shape index (κ1) is 15.0. The number of hydrogen-bond acceptors (Lipinski definition) is 2. The summed E-state index contributed by atoms with van der Waals surface area (Å²) >= 11 is 0. The maximum absolute atomic E-state index is 3.57. The first-order valence-corrected chi connectivity index (χ1v) is 7.45. The molecule has 2 unspecified atom stereocenters. The highest BCUT2D eigenvalue weighted by Gasteiger charge is 2.29. The van der Waals surface area contributed by atoms with E-state index in [0.29, 0.717) is 11.5 Å². The SMILES string of the molecule is CCNC(C)C(C)(C)CN1CCCC(CC)C1. The fourth-order valence-corrected chi connectivity index (χ4v) is 2.92. The Hall–Kier alpha value is -0.0800. The monoisotopic (exact) mass is 240 g/mol. The average molecular weight is 240 g/mol. The molecule has 0 aliphatic carbocycles. The Kier molecular flexibility index (Phi) is 5.94. The Balaban J connectivity index is 2.45. The molecule has 102 valence electrons. The summed E-state index contributed by atoms with van der Waals surface area (Å²) in [6, 6.07) is 0.592. The number of likely N-dealkylation sites (tertiary alicyclic amines) is 1. The smallest absolute Gasteiger partial charge is 0.0102 e. The van der Waals surface area contributed by atoms with Crippen LogP contribution in [0.4, 0.5) is 0 Å². The summed E-state index contributed by atoms with van der Waals surface area (Å²) in [7, 11) is 0. The van der Waals surface area contributed by atoms with Crippen molar-refractivity contribution in [1.82, 2.24) is 10.2 Å². The van der Waals surface area contributed by atoms with Crippen molar-refractivity contribution >= 4 is 0 Å². The molecule has 1 aliphatic heterocycles. The van der Waals surface area contributed by atoms with E-state index in [1.807, 2.05) is 0 Å². The van der Waals surface area contributed by atoms with Crippen LogP contribution >= 0.6 is 0 Å². The lowest BCUT2D eigenvalue weighted by Crippen LogP contribution is -2.49. The topological polar surface area (TPSA) is 15.3 Å². The fraction of sp³-hybridized carbons (Fsp3) is 1.00. The van der Waals surface area contributed by atoms with Gasteiger partial charge in [-0.3, -0.25) is 0 Å². The molecule has 2 heteroatoms. The van der Waals surface area contributed by atoms with Crippen molar-refractivity contribution in [3.8, 4) is 0 Å². The molecule has 1 N–H and O–H groups in total. The van der Waals surface area contributed by atoms with E-state index in [2.05, 4.69) is 44.8 Å². The Bertz CT molecular complexity index is 213. The van der Waals surface area contributed by atoms with E-state index in [1.165, 1.54) is 38.9 Å². The van der Waals surface area contributed by atoms with Gasteiger partial charge in [-0.1, -0.05) is 34.1 Å². The molecular weight excluding hydrogens is 208 g/mol. The van der Waals surface area contributed by atoms with Crippen LogP contribution in [0.25, 0.3) is 0 Å². The summed E-state index contributed by atoms with van der Waals surface area (Å²) in [5.74, 6) is 0.939. The van der Waals surface area contributed by atoms with Crippen molar-refractivity contribution < 1.29 is 0 Å².